The molecule has 0 aliphatic carbocycles. The molecule has 1 aromatic rings. The van der Waals surface area contributed by atoms with E-state index < -0.39 is 23.2 Å². The number of anilines is 1. The number of benzene rings is 1. The maximum atomic E-state index is 13.9. The highest BCUT2D eigenvalue weighted by molar-refractivity contribution is 5.88. The monoisotopic (exact) mass is 271 g/mol. The molecule has 0 heterocycles. The molecule has 0 aliphatic heterocycles. The fraction of sp³-hybridized carbons (Fsp3) is 0.500. The van der Waals surface area contributed by atoms with Gasteiger partial charge in [0.15, 0.2) is 11.6 Å². The SMILES string of the molecule is CC(N(C)c1ccc(C(=O)O)c(F)c1F)C(C)(C)C. The first-order valence-electron chi connectivity index (χ1n) is 6.01. The van der Waals surface area contributed by atoms with Gasteiger partial charge in [0, 0.05) is 13.1 Å². The minimum Gasteiger partial charge on any atom is -0.478 e. The summed E-state index contributed by atoms with van der Waals surface area (Å²) in [5, 5.41) is 8.74. The van der Waals surface area contributed by atoms with Crippen LogP contribution in [-0.2, 0) is 0 Å². The zero-order valence-corrected chi connectivity index (χ0v) is 11.8. The van der Waals surface area contributed by atoms with Crippen molar-refractivity contribution in [1.82, 2.24) is 0 Å². The molecule has 106 valence electrons. The van der Waals surface area contributed by atoms with E-state index in [9.17, 15) is 13.6 Å². The van der Waals surface area contributed by atoms with Crippen molar-refractivity contribution in [3.63, 3.8) is 0 Å². The van der Waals surface area contributed by atoms with Crippen LogP contribution in [0.25, 0.3) is 0 Å². The Morgan fingerprint density at radius 3 is 2.21 bits per heavy atom. The van der Waals surface area contributed by atoms with Gasteiger partial charge in [0.05, 0.1) is 11.3 Å². The molecule has 3 nitrogen and oxygen atoms in total. The lowest BCUT2D eigenvalue weighted by Crippen LogP contribution is -2.40. The highest BCUT2D eigenvalue weighted by Gasteiger charge is 2.27. The van der Waals surface area contributed by atoms with Gasteiger partial charge in [-0.2, -0.15) is 0 Å². The van der Waals surface area contributed by atoms with Crippen LogP contribution in [0.5, 0.6) is 0 Å². The van der Waals surface area contributed by atoms with Gasteiger partial charge in [0.2, 0.25) is 0 Å². The second kappa shape index (κ2) is 5.15. The maximum absolute atomic E-state index is 13.9. The third kappa shape index (κ3) is 3.03. The predicted octanol–water partition coefficient (Wildman–Crippen LogP) is 3.53. The number of rotatable bonds is 3. The molecule has 0 aromatic heterocycles. The van der Waals surface area contributed by atoms with E-state index in [-0.39, 0.29) is 17.1 Å². The molecular formula is C14H19F2NO2. The largest absolute Gasteiger partial charge is 0.478 e. The lowest BCUT2D eigenvalue weighted by molar-refractivity contribution is 0.0690. The van der Waals surface area contributed by atoms with E-state index >= 15 is 0 Å². The molecule has 0 aliphatic rings. The summed E-state index contributed by atoms with van der Waals surface area (Å²) in [6.45, 7) is 7.89. The fourth-order valence-corrected chi connectivity index (χ4v) is 1.77. The van der Waals surface area contributed by atoms with Gasteiger partial charge < -0.3 is 10.0 Å². The minimum atomic E-state index is -1.48. The van der Waals surface area contributed by atoms with Gasteiger partial charge in [-0.25, -0.2) is 13.6 Å². The molecule has 0 amide bonds. The van der Waals surface area contributed by atoms with Gasteiger partial charge >= 0.3 is 5.97 Å². The van der Waals surface area contributed by atoms with E-state index in [0.717, 1.165) is 6.07 Å². The Kier molecular flexibility index (Phi) is 4.18. The van der Waals surface area contributed by atoms with Gasteiger partial charge in [-0.3, -0.25) is 0 Å². The molecule has 19 heavy (non-hydrogen) atoms. The Morgan fingerprint density at radius 2 is 1.79 bits per heavy atom. The number of carboxylic acid groups (broad SMARTS) is 1. The van der Waals surface area contributed by atoms with Crippen molar-refractivity contribution in [2.24, 2.45) is 5.41 Å². The molecule has 0 bridgehead atoms. The number of hydrogen-bond donors (Lipinski definition) is 1. The number of carbonyl (C=O) groups is 1. The molecule has 1 rings (SSSR count). The van der Waals surface area contributed by atoms with Crippen LogP contribution in [0.1, 0.15) is 38.1 Å². The van der Waals surface area contributed by atoms with E-state index in [1.165, 1.54) is 6.07 Å². The van der Waals surface area contributed by atoms with Crippen LogP contribution in [0.2, 0.25) is 0 Å². The lowest BCUT2D eigenvalue weighted by atomic mass is 9.87. The molecule has 0 spiro atoms. The summed E-state index contributed by atoms with van der Waals surface area (Å²) < 4.78 is 27.6. The van der Waals surface area contributed by atoms with Crippen LogP contribution in [0.15, 0.2) is 12.1 Å². The molecule has 1 aromatic carbocycles. The topological polar surface area (TPSA) is 40.5 Å². The normalized spacial score (nSPS) is 13.2. The van der Waals surface area contributed by atoms with E-state index in [0.29, 0.717) is 0 Å². The highest BCUT2D eigenvalue weighted by Crippen LogP contribution is 2.30. The summed E-state index contributed by atoms with van der Waals surface area (Å²) in [5.74, 6) is -3.93. The van der Waals surface area contributed by atoms with E-state index in [4.69, 9.17) is 5.11 Å². The van der Waals surface area contributed by atoms with Gasteiger partial charge in [-0.1, -0.05) is 20.8 Å². The molecular weight excluding hydrogens is 252 g/mol. The van der Waals surface area contributed by atoms with Crippen LogP contribution in [0.3, 0.4) is 0 Å². The average molecular weight is 271 g/mol. The molecule has 1 N–H and O–H groups in total. The number of hydrogen-bond acceptors (Lipinski definition) is 2. The van der Waals surface area contributed by atoms with Crippen molar-refractivity contribution in [1.29, 1.82) is 0 Å². The second-order valence-electron chi connectivity index (χ2n) is 5.72. The van der Waals surface area contributed by atoms with Crippen molar-refractivity contribution in [3.05, 3.63) is 29.3 Å². The zero-order chi connectivity index (χ0) is 15.0. The number of carboxylic acids is 1. The summed E-state index contributed by atoms with van der Waals surface area (Å²) in [4.78, 5) is 12.3. The molecule has 0 saturated heterocycles. The van der Waals surface area contributed by atoms with E-state index in [1.807, 2.05) is 27.7 Å². The Bertz CT molecular complexity index is 495. The van der Waals surface area contributed by atoms with Crippen molar-refractivity contribution < 1.29 is 18.7 Å². The Labute approximate surface area is 111 Å². The second-order valence-corrected chi connectivity index (χ2v) is 5.72. The summed E-state index contributed by atoms with van der Waals surface area (Å²) in [5.41, 5.74) is -0.716. The molecule has 1 unspecified atom stereocenters. The average Bonchev–Trinajstić information content (AvgIpc) is 2.29. The molecule has 5 heteroatoms. The van der Waals surface area contributed by atoms with Gasteiger partial charge in [-0.15, -0.1) is 0 Å². The third-order valence-electron chi connectivity index (χ3n) is 3.51. The molecule has 0 fully saturated rings. The summed E-state index contributed by atoms with van der Waals surface area (Å²) >= 11 is 0. The number of nitrogens with zero attached hydrogens (tertiary/aromatic N) is 1. The Hall–Kier alpha value is -1.65. The number of halogens is 2. The smallest absolute Gasteiger partial charge is 0.338 e. The number of aromatic carboxylic acids is 1. The first-order chi connectivity index (χ1) is 8.57. The van der Waals surface area contributed by atoms with Crippen LogP contribution in [-0.4, -0.2) is 24.2 Å². The molecule has 0 saturated carbocycles. The predicted molar refractivity (Wildman–Crippen MR) is 70.6 cm³/mol. The van der Waals surface area contributed by atoms with Gasteiger partial charge in [0.25, 0.3) is 0 Å². The zero-order valence-electron chi connectivity index (χ0n) is 11.8. The first-order valence-corrected chi connectivity index (χ1v) is 6.01. The first kappa shape index (κ1) is 15.4. The maximum Gasteiger partial charge on any atom is 0.338 e. The van der Waals surface area contributed by atoms with Crippen molar-refractivity contribution in [2.45, 2.75) is 33.7 Å². The van der Waals surface area contributed by atoms with Crippen LogP contribution in [0.4, 0.5) is 14.5 Å². The van der Waals surface area contributed by atoms with E-state index in [1.54, 1.807) is 11.9 Å². The van der Waals surface area contributed by atoms with Crippen LogP contribution in [0, 0.1) is 17.0 Å². The quantitative estimate of drug-likeness (QED) is 0.914. The van der Waals surface area contributed by atoms with Gasteiger partial charge in [-0.05, 0) is 24.5 Å². The summed E-state index contributed by atoms with van der Waals surface area (Å²) in [7, 11) is 1.66. The molecule has 0 radical (unpaired) electrons. The van der Waals surface area contributed by atoms with Crippen LogP contribution < -0.4 is 4.90 Å². The highest BCUT2D eigenvalue weighted by atomic mass is 19.2. The third-order valence-corrected chi connectivity index (χ3v) is 3.51. The van der Waals surface area contributed by atoms with E-state index in [2.05, 4.69) is 0 Å². The molecule has 1 atom stereocenters. The standard InChI is InChI=1S/C14H19F2NO2/c1-8(14(2,3)4)17(5)10-7-6-9(13(18)19)11(15)12(10)16/h6-8H,1-5H3,(H,18,19). The van der Waals surface area contributed by atoms with Crippen LogP contribution >= 0.6 is 0 Å². The van der Waals surface area contributed by atoms with Crippen molar-refractivity contribution in [3.8, 4) is 0 Å². The summed E-state index contributed by atoms with van der Waals surface area (Å²) in [6.07, 6.45) is 0. The van der Waals surface area contributed by atoms with Gasteiger partial charge in [0.1, 0.15) is 0 Å². The lowest BCUT2D eigenvalue weighted by Gasteiger charge is -2.37. The summed E-state index contributed by atoms with van der Waals surface area (Å²) in [6, 6.07) is 2.34. The Balaban J connectivity index is 3.23. The van der Waals surface area contributed by atoms with Crippen molar-refractivity contribution >= 4 is 11.7 Å². The minimum absolute atomic E-state index is 0.0444. The Morgan fingerprint density at radius 1 is 1.26 bits per heavy atom. The van der Waals surface area contributed by atoms with Crippen molar-refractivity contribution in [2.75, 3.05) is 11.9 Å². The fourth-order valence-electron chi connectivity index (χ4n) is 1.77.